The van der Waals surface area contributed by atoms with Crippen molar-refractivity contribution in [1.82, 2.24) is 4.98 Å². The van der Waals surface area contributed by atoms with Gasteiger partial charge in [0.15, 0.2) is 6.23 Å². The Morgan fingerprint density at radius 3 is 3.13 bits per heavy atom. The van der Waals surface area contributed by atoms with Crippen LogP contribution in [0.3, 0.4) is 0 Å². The van der Waals surface area contributed by atoms with Gasteiger partial charge in [-0.25, -0.2) is 16.2 Å². The number of rotatable bonds is 2. The first-order valence-corrected chi connectivity index (χ1v) is 6.37. The van der Waals surface area contributed by atoms with Gasteiger partial charge in [0.05, 0.1) is 11.0 Å². The molecule has 0 fully saturated rings. The van der Waals surface area contributed by atoms with Gasteiger partial charge in [-0.2, -0.15) is 0 Å². The normalized spacial score (nSPS) is 24.4. The Kier molecular flexibility index (Phi) is 3.71. The monoisotopic (exact) mass is 406 g/mol. The molecule has 1 aliphatic rings. The molecule has 1 N–H and O–H groups in total. The van der Waals surface area contributed by atoms with Crippen molar-refractivity contribution in [3.63, 3.8) is 0 Å². The molecule has 0 spiro atoms. The largest absolute Gasteiger partial charge is 0.371 e. The molecule has 1 aliphatic heterocycles. The first kappa shape index (κ1) is 11.8. The average molecular weight is 407 g/mol. The summed E-state index contributed by atoms with van der Waals surface area (Å²) < 4.78 is 19.3. The molecule has 0 radical (unpaired) electrons. The summed E-state index contributed by atoms with van der Waals surface area (Å²) in [6.07, 6.45) is 0.284. The topological polar surface area (TPSA) is 45.6 Å². The predicted molar refractivity (Wildman–Crippen MR) is 67.0 cm³/mol. The first-order valence-electron chi connectivity index (χ1n) is 3.87. The molecular weight excluding hydrogens is 402 g/mol. The highest BCUT2D eigenvalue weighted by atomic mass is 127. The van der Waals surface area contributed by atoms with Crippen molar-refractivity contribution >= 4 is 57.0 Å². The molecule has 0 saturated heterocycles. The molecule has 82 valence electrons. The van der Waals surface area contributed by atoms with Crippen LogP contribution >= 0.6 is 51.2 Å². The van der Waals surface area contributed by atoms with Crippen LogP contribution in [0.15, 0.2) is 12.3 Å². The number of aliphatic hydroxyl groups excluding tert-OH is 1. The molecule has 8 heteroatoms. The zero-order valence-corrected chi connectivity index (χ0v) is 11.7. The van der Waals surface area contributed by atoms with E-state index in [1.807, 2.05) is 0 Å². The fourth-order valence-electron chi connectivity index (χ4n) is 1.35. The van der Waals surface area contributed by atoms with Crippen molar-refractivity contribution in [2.45, 2.75) is 11.1 Å². The van der Waals surface area contributed by atoms with Crippen LogP contribution in [0.4, 0.5) is 10.2 Å². The van der Waals surface area contributed by atoms with Crippen molar-refractivity contribution < 1.29 is 12.0 Å². The summed E-state index contributed by atoms with van der Waals surface area (Å²) in [5.74, 6) is 0.0834. The second-order valence-electron chi connectivity index (χ2n) is 2.85. The number of aliphatic hydroxyl groups is 1. The molecule has 0 aromatic carbocycles. The Labute approximate surface area is 112 Å². The molecule has 15 heavy (non-hydrogen) atoms. The van der Waals surface area contributed by atoms with Gasteiger partial charge in [-0.15, -0.1) is 0 Å². The van der Waals surface area contributed by atoms with Crippen molar-refractivity contribution in [2.75, 3.05) is 4.31 Å². The number of aromatic nitrogens is 1. The van der Waals surface area contributed by atoms with Crippen molar-refractivity contribution in [3.8, 4) is 0 Å². The number of hydrogen-bond acceptors (Lipinski definition) is 5. The minimum absolute atomic E-state index is 0.366. The number of anilines is 1. The van der Waals surface area contributed by atoms with Crippen LogP contribution in [-0.2, 0) is 2.51 Å². The second-order valence-corrected chi connectivity index (χ2v) is 5.58. The Morgan fingerprint density at radius 1 is 1.73 bits per heavy atom. The van der Waals surface area contributed by atoms with E-state index in [2.05, 4.69) is 20.9 Å². The molecular formula is C7H5BrFIN2O2S. The SMILES string of the molecule is OC1C(Br)c2cc(F)cnc2N1SOI. The standard InChI is InChI=1S/C7H5BrFIN2O2S/c8-5-4-1-3(9)2-11-6(4)12(7(5)13)15-14-10/h1-2,5,7,13H. The van der Waals surface area contributed by atoms with Crippen molar-refractivity contribution in [1.29, 1.82) is 0 Å². The molecule has 0 saturated carbocycles. The molecule has 4 nitrogen and oxygen atoms in total. The quantitative estimate of drug-likeness (QED) is 0.354. The van der Waals surface area contributed by atoms with E-state index in [0.717, 1.165) is 18.4 Å². The zero-order chi connectivity index (χ0) is 11.0. The summed E-state index contributed by atoms with van der Waals surface area (Å²) in [7, 11) is 0. The van der Waals surface area contributed by atoms with Gasteiger partial charge in [0.1, 0.15) is 46.9 Å². The number of fused-ring (bicyclic) bond motifs is 1. The first-order chi connectivity index (χ1) is 7.15. The maximum absolute atomic E-state index is 13.0. The number of hydrogen-bond donors (Lipinski definition) is 1. The lowest BCUT2D eigenvalue weighted by molar-refractivity contribution is 0.196. The summed E-state index contributed by atoms with van der Waals surface area (Å²) in [5, 5.41) is 9.81. The van der Waals surface area contributed by atoms with Gasteiger partial charge < -0.3 is 5.11 Å². The third-order valence-electron chi connectivity index (χ3n) is 1.98. The predicted octanol–water partition coefficient (Wildman–Crippen LogP) is 2.72. The van der Waals surface area contributed by atoms with Gasteiger partial charge >= 0.3 is 0 Å². The van der Waals surface area contributed by atoms with Crippen LogP contribution in [0.25, 0.3) is 0 Å². The molecule has 2 rings (SSSR count). The van der Waals surface area contributed by atoms with E-state index in [0.29, 0.717) is 11.4 Å². The van der Waals surface area contributed by atoms with E-state index in [1.165, 1.54) is 10.4 Å². The maximum atomic E-state index is 13.0. The van der Waals surface area contributed by atoms with Crippen LogP contribution in [0, 0.1) is 5.82 Å². The number of alkyl halides is 1. The lowest BCUT2D eigenvalue weighted by Gasteiger charge is -2.18. The molecule has 2 heterocycles. The van der Waals surface area contributed by atoms with Gasteiger partial charge in [-0.05, 0) is 6.07 Å². The van der Waals surface area contributed by atoms with Gasteiger partial charge in [0.2, 0.25) is 0 Å². The van der Waals surface area contributed by atoms with E-state index in [1.54, 1.807) is 23.0 Å². The highest BCUT2D eigenvalue weighted by molar-refractivity contribution is 14.1. The van der Waals surface area contributed by atoms with Crippen LogP contribution in [0.2, 0.25) is 0 Å². The van der Waals surface area contributed by atoms with Crippen LogP contribution < -0.4 is 4.31 Å². The van der Waals surface area contributed by atoms with E-state index < -0.39 is 12.0 Å². The zero-order valence-electron chi connectivity index (χ0n) is 7.10. The molecule has 2 unspecified atom stereocenters. The molecule has 1 aromatic heterocycles. The van der Waals surface area contributed by atoms with Crippen LogP contribution in [-0.4, -0.2) is 16.3 Å². The van der Waals surface area contributed by atoms with Crippen LogP contribution in [0.5, 0.6) is 0 Å². The third kappa shape index (κ3) is 2.09. The Balaban J connectivity index is 2.41. The summed E-state index contributed by atoms with van der Waals surface area (Å²) in [4.78, 5) is 3.55. The number of halogens is 3. The third-order valence-corrected chi connectivity index (χ3v) is 4.03. The number of nitrogens with zero attached hydrogens (tertiary/aromatic N) is 2. The molecule has 0 aliphatic carbocycles. The van der Waals surface area contributed by atoms with Gasteiger partial charge in [-0.3, -0.25) is 0 Å². The molecule has 2 atom stereocenters. The molecule has 0 bridgehead atoms. The summed E-state index contributed by atoms with van der Waals surface area (Å²) in [6, 6.07) is 1.35. The average Bonchev–Trinajstić information content (AvgIpc) is 2.44. The second kappa shape index (κ2) is 4.70. The highest BCUT2D eigenvalue weighted by Crippen LogP contribution is 2.45. The highest BCUT2D eigenvalue weighted by Gasteiger charge is 2.38. The Hall–Kier alpha value is 0.360. The number of pyridine rings is 1. The molecule has 0 amide bonds. The van der Waals surface area contributed by atoms with Crippen LogP contribution in [0.1, 0.15) is 10.4 Å². The maximum Gasteiger partial charge on any atom is 0.157 e. The fourth-order valence-corrected chi connectivity index (χ4v) is 3.09. The lowest BCUT2D eigenvalue weighted by Crippen LogP contribution is -2.26. The van der Waals surface area contributed by atoms with Crippen molar-refractivity contribution in [2.24, 2.45) is 0 Å². The summed E-state index contributed by atoms with van der Waals surface area (Å²) in [6.45, 7) is 0. The van der Waals surface area contributed by atoms with Gasteiger partial charge in [0, 0.05) is 5.56 Å². The van der Waals surface area contributed by atoms with E-state index in [4.69, 9.17) is 2.51 Å². The summed E-state index contributed by atoms with van der Waals surface area (Å²) in [5.41, 5.74) is 0.614. The smallest absolute Gasteiger partial charge is 0.157 e. The minimum atomic E-state index is -0.825. The van der Waals surface area contributed by atoms with E-state index in [-0.39, 0.29) is 4.83 Å². The van der Waals surface area contributed by atoms with Gasteiger partial charge in [0.25, 0.3) is 0 Å². The lowest BCUT2D eigenvalue weighted by atomic mass is 10.2. The fraction of sp³-hybridized carbons (Fsp3) is 0.286. The molecule has 1 aromatic rings. The Morgan fingerprint density at radius 2 is 2.47 bits per heavy atom. The van der Waals surface area contributed by atoms with Crippen molar-refractivity contribution in [3.05, 3.63) is 23.6 Å². The van der Waals surface area contributed by atoms with E-state index in [9.17, 15) is 9.50 Å². The minimum Gasteiger partial charge on any atom is -0.371 e. The summed E-state index contributed by atoms with van der Waals surface area (Å²) >= 11 is 5.92. The Bertz CT molecular complexity index is 386. The van der Waals surface area contributed by atoms with Gasteiger partial charge in [-0.1, -0.05) is 15.9 Å². The van der Waals surface area contributed by atoms with E-state index >= 15 is 0 Å².